The molecular weight excluding hydrogens is 364 g/mol. The van der Waals surface area contributed by atoms with E-state index in [0.717, 1.165) is 11.3 Å². The third kappa shape index (κ3) is 4.53. The van der Waals surface area contributed by atoms with Crippen molar-refractivity contribution in [2.75, 3.05) is 12.9 Å². The predicted octanol–water partition coefficient (Wildman–Crippen LogP) is 2.18. The number of rotatable bonds is 6. The number of amides is 1. The molecule has 8 heteroatoms. The third-order valence-corrected chi connectivity index (χ3v) is 4.82. The third-order valence-electron chi connectivity index (χ3n) is 3.79. The maximum atomic E-state index is 12.3. The van der Waals surface area contributed by atoms with E-state index in [-0.39, 0.29) is 17.2 Å². The van der Waals surface area contributed by atoms with E-state index in [1.165, 1.54) is 16.3 Å². The topological polar surface area (TPSA) is 85.6 Å². The van der Waals surface area contributed by atoms with Gasteiger partial charge in [0.25, 0.3) is 11.5 Å². The van der Waals surface area contributed by atoms with Crippen molar-refractivity contribution in [2.24, 2.45) is 12.1 Å². The van der Waals surface area contributed by atoms with Crippen LogP contribution in [0.2, 0.25) is 0 Å². The molecule has 1 aromatic heterocycles. The lowest BCUT2D eigenvalue weighted by Gasteiger charge is -2.08. The second kappa shape index (κ2) is 8.50. The van der Waals surface area contributed by atoms with Crippen LogP contribution in [0.4, 0.5) is 0 Å². The van der Waals surface area contributed by atoms with Crippen LogP contribution >= 0.6 is 11.8 Å². The number of nitrogens with one attached hydrogen (secondary N) is 1. The maximum Gasteiger partial charge on any atom is 0.261 e. The Morgan fingerprint density at radius 2 is 2.00 bits per heavy atom. The molecule has 3 rings (SSSR count). The molecule has 0 aliphatic heterocycles. The van der Waals surface area contributed by atoms with Gasteiger partial charge in [-0.25, -0.2) is 10.4 Å². The molecule has 0 unspecified atom stereocenters. The fourth-order valence-corrected chi connectivity index (χ4v) is 3.12. The number of benzene rings is 2. The summed E-state index contributed by atoms with van der Waals surface area (Å²) in [6.45, 7) is 0. The molecule has 0 fully saturated rings. The molecule has 1 amide bonds. The van der Waals surface area contributed by atoms with Crippen molar-refractivity contribution >= 4 is 34.8 Å². The molecular formula is C19H18N4O3S. The average molecular weight is 382 g/mol. The highest BCUT2D eigenvalue weighted by Crippen LogP contribution is 2.16. The number of methoxy groups -OCH3 is 1. The Bertz CT molecular complexity index is 1040. The van der Waals surface area contributed by atoms with Gasteiger partial charge in [0.05, 0.1) is 30.0 Å². The first kappa shape index (κ1) is 18.7. The molecule has 138 valence electrons. The number of aromatic nitrogens is 2. The van der Waals surface area contributed by atoms with Crippen molar-refractivity contribution in [2.45, 2.75) is 5.16 Å². The van der Waals surface area contributed by atoms with Gasteiger partial charge in [0.15, 0.2) is 5.16 Å². The Balaban J connectivity index is 1.60. The highest BCUT2D eigenvalue weighted by atomic mass is 32.2. The van der Waals surface area contributed by atoms with Gasteiger partial charge in [-0.1, -0.05) is 23.9 Å². The highest BCUT2D eigenvalue weighted by molar-refractivity contribution is 7.99. The lowest BCUT2D eigenvalue weighted by Crippen LogP contribution is -2.23. The van der Waals surface area contributed by atoms with Gasteiger partial charge in [-0.3, -0.25) is 14.2 Å². The summed E-state index contributed by atoms with van der Waals surface area (Å²) in [5, 5.41) is 4.96. The Morgan fingerprint density at radius 3 is 2.74 bits per heavy atom. The molecule has 0 aliphatic rings. The van der Waals surface area contributed by atoms with Crippen LogP contribution in [0.5, 0.6) is 5.75 Å². The molecule has 0 radical (unpaired) electrons. The minimum absolute atomic E-state index is 0.0958. The Kier molecular flexibility index (Phi) is 5.87. The van der Waals surface area contributed by atoms with E-state index < -0.39 is 0 Å². The van der Waals surface area contributed by atoms with Crippen LogP contribution < -0.4 is 15.7 Å². The molecule has 0 saturated heterocycles. The minimum atomic E-state index is -0.285. The lowest BCUT2D eigenvalue weighted by molar-refractivity contribution is -0.118. The van der Waals surface area contributed by atoms with Gasteiger partial charge in [-0.2, -0.15) is 5.10 Å². The Labute approximate surface area is 160 Å². The van der Waals surface area contributed by atoms with E-state index in [2.05, 4.69) is 15.5 Å². The number of hydrogen-bond donors (Lipinski definition) is 1. The number of fused-ring (bicyclic) bond motifs is 1. The first-order valence-corrected chi connectivity index (χ1v) is 9.11. The second-order valence-electron chi connectivity index (χ2n) is 5.63. The number of para-hydroxylation sites is 1. The molecule has 1 heterocycles. The summed E-state index contributed by atoms with van der Waals surface area (Å²) in [7, 11) is 3.24. The SMILES string of the molecule is COc1ccc(/C=N\NC(=O)CSc2nc3ccccc3c(=O)n2C)cc1. The van der Waals surface area contributed by atoms with Gasteiger partial charge < -0.3 is 4.74 Å². The summed E-state index contributed by atoms with van der Waals surface area (Å²) < 4.78 is 6.53. The van der Waals surface area contributed by atoms with E-state index in [1.807, 2.05) is 30.3 Å². The molecule has 0 aliphatic carbocycles. The molecule has 0 spiro atoms. The molecule has 1 N–H and O–H groups in total. The van der Waals surface area contributed by atoms with Crippen LogP contribution in [0.15, 0.2) is 63.6 Å². The van der Waals surface area contributed by atoms with E-state index in [9.17, 15) is 9.59 Å². The van der Waals surface area contributed by atoms with Crippen molar-refractivity contribution in [3.63, 3.8) is 0 Å². The maximum absolute atomic E-state index is 12.3. The van der Waals surface area contributed by atoms with Crippen LogP contribution in [-0.2, 0) is 11.8 Å². The first-order valence-electron chi connectivity index (χ1n) is 8.13. The molecule has 27 heavy (non-hydrogen) atoms. The smallest absolute Gasteiger partial charge is 0.261 e. The summed E-state index contributed by atoms with van der Waals surface area (Å²) in [4.78, 5) is 28.8. The van der Waals surface area contributed by atoms with Gasteiger partial charge in [0.2, 0.25) is 0 Å². The summed E-state index contributed by atoms with van der Waals surface area (Å²) in [5.74, 6) is 0.562. The number of hydrazone groups is 1. The fourth-order valence-electron chi connectivity index (χ4n) is 2.36. The van der Waals surface area contributed by atoms with Gasteiger partial charge in [0.1, 0.15) is 5.75 Å². The van der Waals surface area contributed by atoms with Crippen molar-refractivity contribution in [3.8, 4) is 5.75 Å². The lowest BCUT2D eigenvalue weighted by atomic mass is 10.2. The zero-order valence-electron chi connectivity index (χ0n) is 14.9. The van der Waals surface area contributed by atoms with Crippen molar-refractivity contribution in [3.05, 3.63) is 64.4 Å². The summed E-state index contributed by atoms with van der Waals surface area (Å²) in [6.07, 6.45) is 1.55. The number of thioether (sulfide) groups is 1. The molecule has 7 nitrogen and oxygen atoms in total. The van der Waals surface area contributed by atoms with Gasteiger partial charge >= 0.3 is 0 Å². The zero-order chi connectivity index (χ0) is 19.2. The van der Waals surface area contributed by atoms with Gasteiger partial charge in [-0.05, 0) is 42.0 Å². The Hall–Kier alpha value is -3.13. The quantitative estimate of drug-likeness (QED) is 0.306. The second-order valence-corrected chi connectivity index (χ2v) is 6.57. The van der Waals surface area contributed by atoms with E-state index >= 15 is 0 Å². The van der Waals surface area contributed by atoms with Gasteiger partial charge in [-0.15, -0.1) is 0 Å². The average Bonchev–Trinajstić information content (AvgIpc) is 2.70. The largest absolute Gasteiger partial charge is 0.497 e. The van der Waals surface area contributed by atoms with Crippen LogP contribution in [0, 0.1) is 0 Å². The standard InChI is InChI=1S/C19H18N4O3S/c1-23-18(25)15-5-3-4-6-16(15)21-19(23)27-12-17(24)22-20-11-13-7-9-14(26-2)10-8-13/h3-11H,12H2,1-2H3,(H,22,24)/b20-11-. The van der Waals surface area contributed by atoms with Crippen LogP contribution in [-0.4, -0.2) is 34.5 Å². The van der Waals surface area contributed by atoms with E-state index in [1.54, 1.807) is 38.6 Å². The predicted molar refractivity (Wildman–Crippen MR) is 106 cm³/mol. The summed E-state index contributed by atoms with van der Waals surface area (Å²) >= 11 is 1.18. The van der Waals surface area contributed by atoms with Crippen LogP contribution in [0.25, 0.3) is 10.9 Å². The normalized spacial score (nSPS) is 11.0. The number of ether oxygens (including phenoxy) is 1. The summed E-state index contributed by atoms with van der Waals surface area (Å²) in [5.41, 5.74) is 3.77. The van der Waals surface area contributed by atoms with Gasteiger partial charge in [0, 0.05) is 7.05 Å². The van der Waals surface area contributed by atoms with E-state index in [4.69, 9.17) is 4.74 Å². The molecule has 0 atom stereocenters. The van der Waals surface area contributed by atoms with Crippen LogP contribution in [0.1, 0.15) is 5.56 Å². The molecule has 2 aromatic carbocycles. The zero-order valence-corrected chi connectivity index (χ0v) is 15.7. The minimum Gasteiger partial charge on any atom is -0.497 e. The molecule has 3 aromatic rings. The molecule has 0 saturated carbocycles. The van der Waals surface area contributed by atoms with Crippen molar-refractivity contribution in [1.82, 2.24) is 15.0 Å². The number of hydrogen-bond acceptors (Lipinski definition) is 6. The Morgan fingerprint density at radius 1 is 1.26 bits per heavy atom. The number of carbonyl (C=O) groups is 1. The number of nitrogens with zero attached hydrogens (tertiary/aromatic N) is 3. The van der Waals surface area contributed by atoms with Crippen molar-refractivity contribution in [1.29, 1.82) is 0 Å². The molecule has 0 bridgehead atoms. The van der Waals surface area contributed by atoms with Crippen LogP contribution in [0.3, 0.4) is 0 Å². The number of carbonyl (C=O) groups excluding carboxylic acids is 1. The van der Waals surface area contributed by atoms with E-state index in [0.29, 0.717) is 16.1 Å². The highest BCUT2D eigenvalue weighted by Gasteiger charge is 2.10. The monoisotopic (exact) mass is 382 g/mol. The van der Waals surface area contributed by atoms with Crippen molar-refractivity contribution < 1.29 is 9.53 Å². The fraction of sp³-hybridized carbons (Fsp3) is 0.158. The summed E-state index contributed by atoms with van der Waals surface area (Å²) in [6, 6.07) is 14.4. The first-order chi connectivity index (χ1) is 13.1.